The number of piperidine rings is 1. The fourth-order valence-corrected chi connectivity index (χ4v) is 5.86. The van der Waals surface area contributed by atoms with Gasteiger partial charge in [0.05, 0.1) is 36.7 Å². The summed E-state index contributed by atoms with van der Waals surface area (Å²) in [5, 5.41) is 4.67. The summed E-state index contributed by atoms with van der Waals surface area (Å²) in [6, 6.07) is 10.2. The van der Waals surface area contributed by atoms with Gasteiger partial charge < -0.3 is 24.7 Å². The second kappa shape index (κ2) is 11.1. The predicted octanol–water partition coefficient (Wildman–Crippen LogP) is 4.80. The van der Waals surface area contributed by atoms with Crippen molar-refractivity contribution < 1.29 is 9.47 Å². The van der Waals surface area contributed by atoms with Crippen LogP contribution in [0.5, 0.6) is 5.88 Å². The Morgan fingerprint density at radius 2 is 1.97 bits per heavy atom. The Balaban J connectivity index is 1.23. The van der Waals surface area contributed by atoms with Crippen LogP contribution in [0.1, 0.15) is 42.7 Å². The smallest absolute Gasteiger partial charge is 0.259 e. The van der Waals surface area contributed by atoms with Crippen LogP contribution in [-0.4, -0.2) is 64.3 Å². The minimum absolute atomic E-state index is 0.200. The highest BCUT2D eigenvalue weighted by Crippen LogP contribution is 2.33. The Kier molecular flexibility index (Phi) is 7.26. The molecule has 202 valence electrons. The first-order valence-electron chi connectivity index (χ1n) is 13.7. The highest BCUT2D eigenvalue weighted by molar-refractivity contribution is 5.94. The molecule has 0 spiro atoms. The molecule has 9 heteroatoms. The maximum atomic E-state index is 12.8. The van der Waals surface area contributed by atoms with E-state index in [1.54, 1.807) is 25.7 Å². The molecule has 1 unspecified atom stereocenters. The predicted molar refractivity (Wildman–Crippen MR) is 152 cm³/mol. The maximum Gasteiger partial charge on any atom is 0.259 e. The molecule has 39 heavy (non-hydrogen) atoms. The summed E-state index contributed by atoms with van der Waals surface area (Å²) in [5.41, 5.74) is 4.49. The Morgan fingerprint density at radius 3 is 2.74 bits per heavy atom. The lowest BCUT2D eigenvalue weighted by Gasteiger charge is -2.34. The average molecular weight is 527 g/mol. The Hall–Kier alpha value is -3.82. The number of ether oxygens (including phenoxy) is 2. The molecule has 1 atom stereocenters. The third-order valence-electron chi connectivity index (χ3n) is 7.88. The van der Waals surface area contributed by atoms with E-state index in [0.29, 0.717) is 40.5 Å². The molecule has 0 bridgehead atoms. The second-order valence-electron chi connectivity index (χ2n) is 10.5. The number of anilines is 2. The summed E-state index contributed by atoms with van der Waals surface area (Å²) in [4.78, 5) is 31.6. The third kappa shape index (κ3) is 5.51. The van der Waals surface area contributed by atoms with Gasteiger partial charge in [0, 0.05) is 25.0 Å². The number of pyridine rings is 2. The SMILES string of the molecule is COc1cncc(-c2cc3cc[nH]c(=O)c3c(Nc3ccc(C4CCN(CC5CCCO5)CC4)c(C)c3)n2)n1. The van der Waals surface area contributed by atoms with E-state index < -0.39 is 0 Å². The van der Waals surface area contributed by atoms with Crippen molar-refractivity contribution in [3.05, 3.63) is 70.4 Å². The summed E-state index contributed by atoms with van der Waals surface area (Å²) in [6.45, 7) is 6.37. The summed E-state index contributed by atoms with van der Waals surface area (Å²) >= 11 is 0. The van der Waals surface area contributed by atoms with Gasteiger partial charge in [0.1, 0.15) is 11.5 Å². The van der Waals surface area contributed by atoms with Gasteiger partial charge in [0.2, 0.25) is 5.88 Å². The molecule has 0 amide bonds. The molecule has 5 heterocycles. The van der Waals surface area contributed by atoms with Gasteiger partial charge in [0.15, 0.2) is 0 Å². The molecule has 0 saturated carbocycles. The fraction of sp³-hybridized carbons (Fsp3) is 0.400. The number of rotatable bonds is 7. The zero-order chi connectivity index (χ0) is 26.8. The van der Waals surface area contributed by atoms with Crippen LogP contribution in [0.4, 0.5) is 11.5 Å². The van der Waals surface area contributed by atoms with E-state index in [0.717, 1.165) is 50.2 Å². The standard InChI is InChI=1S/C30H34N6O3/c1-19-14-22(5-6-24(19)20-8-11-36(12-9-20)18-23-4-3-13-39-23)33-29-28-21(7-10-32-30(28)37)15-25(35-29)26-16-31-17-27(34-26)38-2/h5-7,10,14-17,20,23H,3-4,8-9,11-13,18H2,1-2H3,(H,32,37)(H,33,35). The van der Waals surface area contributed by atoms with Crippen molar-refractivity contribution in [3.8, 4) is 17.3 Å². The number of benzene rings is 1. The largest absolute Gasteiger partial charge is 0.480 e. The first-order chi connectivity index (χ1) is 19.1. The number of aromatic amines is 1. The number of aromatic nitrogens is 4. The van der Waals surface area contributed by atoms with E-state index in [-0.39, 0.29) is 5.56 Å². The Bertz CT molecular complexity index is 1520. The van der Waals surface area contributed by atoms with Gasteiger partial charge in [0.25, 0.3) is 5.56 Å². The molecule has 2 saturated heterocycles. The normalized spacial score (nSPS) is 18.5. The van der Waals surface area contributed by atoms with E-state index in [2.05, 4.69) is 50.3 Å². The third-order valence-corrected chi connectivity index (χ3v) is 7.88. The molecule has 1 aromatic carbocycles. The zero-order valence-corrected chi connectivity index (χ0v) is 22.4. The number of hydrogen-bond acceptors (Lipinski definition) is 8. The number of hydrogen-bond donors (Lipinski definition) is 2. The molecule has 6 rings (SSSR count). The summed E-state index contributed by atoms with van der Waals surface area (Å²) in [5.74, 6) is 1.43. The molecule has 0 radical (unpaired) electrons. The molecular formula is C30H34N6O3. The second-order valence-corrected chi connectivity index (χ2v) is 10.5. The van der Waals surface area contributed by atoms with Crippen molar-refractivity contribution in [2.24, 2.45) is 0 Å². The summed E-state index contributed by atoms with van der Waals surface area (Å²) in [6.07, 6.45) is 9.95. The van der Waals surface area contributed by atoms with E-state index in [4.69, 9.17) is 14.5 Å². The van der Waals surface area contributed by atoms with Crippen molar-refractivity contribution in [3.63, 3.8) is 0 Å². The molecule has 2 N–H and O–H groups in total. The molecule has 3 aromatic heterocycles. The lowest BCUT2D eigenvalue weighted by molar-refractivity contribution is 0.0643. The number of nitrogens with zero attached hydrogens (tertiary/aromatic N) is 4. The van der Waals surface area contributed by atoms with E-state index in [1.807, 2.05) is 12.1 Å². The zero-order valence-electron chi connectivity index (χ0n) is 22.4. The molecule has 2 aliphatic rings. The number of aryl methyl sites for hydroxylation is 1. The van der Waals surface area contributed by atoms with Crippen LogP contribution >= 0.6 is 0 Å². The van der Waals surface area contributed by atoms with Gasteiger partial charge >= 0.3 is 0 Å². The topological polar surface area (TPSA) is 105 Å². The van der Waals surface area contributed by atoms with Crippen LogP contribution in [0.3, 0.4) is 0 Å². The van der Waals surface area contributed by atoms with E-state index in [9.17, 15) is 4.79 Å². The minimum Gasteiger partial charge on any atom is -0.480 e. The highest BCUT2D eigenvalue weighted by Gasteiger charge is 2.25. The first kappa shape index (κ1) is 25.5. The van der Waals surface area contributed by atoms with Gasteiger partial charge in [-0.2, -0.15) is 0 Å². The number of methoxy groups -OCH3 is 1. The van der Waals surface area contributed by atoms with Crippen molar-refractivity contribution in [1.29, 1.82) is 0 Å². The fourth-order valence-electron chi connectivity index (χ4n) is 5.86. The van der Waals surface area contributed by atoms with Crippen molar-refractivity contribution in [2.75, 3.05) is 38.7 Å². The van der Waals surface area contributed by atoms with Crippen molar-refractivity contribution in [1.82, 2.24) is 24.8 Å². The molecule has 2 aliphatic heterocycles. The summed E-state index contributed by atoms with van der Waals surface area (Å²) < 4.78 is 11.1. The van der Waals surface area contributed by atoms with E-state index >= 15 is 0 Å². The van der Waals surface area contributed by atoms with Crippen molar-refractivity contribution in [2.45, 2.75) is 44.6 Å². The minimum atomic E-state index is -0.200. The maximum absolute atomic E-state index is 12.8. The van der Waals surface area contributed by atoms with E-state index in [1.165, 1.54) is 24.0 Å². The van der Waals surface area contributed by atoms with Crippen LogP contribution in [0.25, 0.3) is 22.2 Å². The molecule has 0 aliphatic carbocycles. The molecule has 4 aromatic rings. The Labute approximate surface area is 227 Å². The van der Waals surface area contributed by atoms with Gasteiger partial charge in [-0.25, -0.2) is 9.97 Å². The van der Waals surface area contributed by atoms with Crippen molar-refractivity contribution >= 4 is 22.3 Å². The number of nitrogens with one attached hydrogen (secondary N) is 2. The van der Waals surface area contributed by atoms with Crippen LogP contribution in [-0.2, 0) is 4.74 Å². The lowest BCUT2D eigenvalue weighted by Crippen LogP contribution is -2.38. The summed E-state index contributed by atoms with van der Waals surface area (Å²) in [7, 11) is 1.55. The van der Waals surface area contributed by atoms with Crippen LogP contribution in [0, 0.1) is 6.92 Å². The molecule has 9 nitrogen and oxygen atoms in total. The average Bonchev–Trinajstić information content (AvgIpc) is 3.47. The lowest BCUT2D eigenvalue weighted by atomic mass is 9.86. The number of likely N-dealkylation sites (tertiary alicyclic amines) is 1. The number of fused-ring (bicyclic) bond motifs is 1. The number of H-pyrrole nitrogens is 1. The monoisotopic (exact) mass is 526 g/mol. The highest BCUT2D eigenvalue weighted by atomic mass is 16.5. The first-order valence-corrected chi connectivity index (χ1v) is 13.7. The molecule has 2 fully saturated rings. The van der Waals surface area contributed by atoms with Crippen LogP contribution in [0.2, 0.25) is 0 Å². The Morgan fingerprint density at radius 1 is 1.10 bits per heavy atom. The van der Waals surface area contributed by atoms with Gasteiger partial charge in [-0.15, -0.1) is 0 Å². The van der Waals surface area contributed by atoms with Gasteiger partial charge in [-0.1, -0.05) is 6.07 Å². The van der Waals surface area contributed by atoms with Gasteiger partial charge in [-0.05, 0) is 92.4 Å². The van der Waals surface area contributed by atoms with Gasteiger partial charge in [-0.3, -0.25) is 9.78 Å². The quantitative estimate of drug-likeness (QED) is 0.354. The van der Waals surface area contributed by atoms with Crippen LogP contribution < -0.4 is 15.6 Å². The molecular weight excluding hydrogens is 492 g/mol. The van der Waals surface area contributed by atoms with Crippen LogP contribution in [0.15, 0.2) is 53.7 Å².